The minimum Gasteiger partial charge on any atom is -0.487 e. The normalized spacial score (nSPS) is 16.6. The summed E-state index contributed by atoms with van der Waals surface area (Å²) in [4.78, 5) is 4.38. The molecule has 5 heteroatoms. The van der Waals surface area contributed by atoms with E-state index in [4.69, 9.17) is 21.1 Å². The second-order valence-corrected chi connectivity index (χ2v) is 5.37. The van der Waals surface area contributed by atoms with Crippen LogP contribution in [0, 0.1) is 0 Å². The van der Waals surface area contributed by atoms with Crippen molar-refractivity contribution >= 4 is 29.2 Å². The van der Waals surface area contributed by atoms with Crippen molar-refractivity contribution < 1.29 is 9.47 Å². The zero-order valence-corrected chi connectivity index (χ0v) is 13.7. The molecule has 0 fully saturated rings. The highest BCUT2D eigenvalue weighted by atomic mass is 35.5. The number of halogens is 1. The van der Waals surface area contributed by atoms with E-state index >= 15 is 0 Å². The van der Waals surface area contributed by atoms with E-state index in [0.29, 0.717) is 29.8 Å². The third kappa shape index (κ3) is 4.40. The minimum atomic E-state index is 0.385. The van der Waals surface area contributed by atoms with E-state index < -0.39 is 0 Å². The monoisotopic (exact) mass is 340 g/mol. The molecule has 4 nitrogen and oxygen atoms in total. The summed E-state index contributed by atoms with van der Waals surface area (Å²) in [7, 11) is 0. The average molecular weight is 341 g/mol. The van der Waals surface area contributed by atoms with Crippen molar-refractivity contribution in [3.63, 3.8) is 0 Å². The third-order valence-corrected chi connectivity index (χ3v) is 3.63. The molecule has 0 saturated carbocycles. The fraction of sp³-hybridized carbons (Fsp3) is 0.105. The van der Waals surface area contributed by atoms with Crippen molar-refractivity contribution in [3.05, 3.63) is 83.4 Å². The largest absolute Gasteiger partial charge is 0.487 e. The molecule has 1 aliphatic rings. The maximum atomic E-state index is 6.42. The summed E-state index contributed by atoms with van der Waals surface area (Å²) < 4.78 is 11.3. The van der Waals surface area contributed by atoms with Crippen LogP contribution in [-0.2, 0) is 9.47 Å². The predicted molar refractivity (Wildman–Crippen MR) is 97.5 cm³/mol. The van der Waals surface area contributed by atoms with Crippen LogP contribution in [0.25, 0.3) is 0 Å². The van der Waals surface area contributed by atoms with Crippen LogP contribution in [0.1, 0.15) is 0 Å². The highest BCUT2D eigenvalue weighted by Gasteiger charge is 2.15. The van der Waals surface area contributed by atoms with Gasteiger partial charge in [0.25, 0.3) is 0 Å². The molecule has 1 N–H and O–H groups in total. The van der Waals surface area contributed by atoms with Gasteiger partial charge >= 0.3 is 0 Å². The van der Waals surface area contributed by atoms with Gasteiger partial charge in [0.05, 0.1) is 11.9 Å². The van der Waals surface area contributed by atoms with Crippen LogP contribution >= 0.6 is 11.6 Å². The maximum Gasteiger partial charge on any atom is 0.160 e. The Hall–Kier alpha value is -2.72. The van der Waals surface area contributed by atoms with Gasteiger partial charge in [0.15, 0.2) is 11.5 Å². The number of hydrogen-bond donors (Lipinski definition) is 1. The Morgan fingerprint density at radius 1 is 0.917 bits per heavy atom. The van der Waals surface area contributed by atoms with Gasteiger partial charge in [-0.3, -0.25) is 4.99 Å². The Labute approximate surface area is 146 Å². The Morgan fingerprint density at radius 2 is 1.58 bits per heavy atom. The number of ether oxygens (including phenoxy) is 2. The molecular weight excluding hydrogens is 324 g/mol. The second-order valence-electron chi connectivity index (χ2n) is 4.99. The number of benzene rings is 2. The molecule has 0 saturated heterocycles. The number of hydrogen-bond acceptors (Lipinski definition) is 4. The summed E-state index contributed by atoms with van der Waals surface area (Å²) in [5, 5.41) is 3.55. The Bertz CT molecular complexity index is 755. The number of nitrogens with zero attached hydrogens (tertiary/aromatic N) is 1. The summed E-state index contributed by atoms with van der Waals surface area (Å²) >= 11 is 6.42. The predicted octanol–water partition coefficient (Wildman–Crippen LogP) is 4.84. The van der Waals surface area contributed by atoms with E-state index in [1.807, 2.05) is 60.7 Å². The van der Waals surface area contributed by atoms with Crippen LogP contribution in [0.2, 0.25) is 0 Å². The van der Waals surface area contributed by atoms with Gasteiger partial charge in [0.2, 0.25) is 0 Å². The Kier molecular flexibility index (Phi) is 5.53. The number of para-hydroxylation sites is 2. The number of rotatable bonds is 4. The lowest BCUT2D eigenvalue weighted by Crippen LogP contribution is -1.99. The molecule has 0 spiro atoms. The molecular formula is C19H17ClN2O2. The fourth-order valence-electron chi connectivity index (χ4n) is 2.08. The van der Waals surface area contributed by atoms with E-state index in [-0.39, 0.29) is 0 Å². The van der Waals surface area contributed by atoms with Gasteiger partial charge in [-0.15, -0.1) is 0 Å². The van der Waals surface area contributed by atoms with Gasteiger partial charge in [-0.2, -0.15) is 0 Å². The van der Waals surface area contributed by atoms with Crippen molar-refractivity contribution in [2.24, 2.45) is 4.99 Å². The lowest BCUT2D eigenvalue weighted by atomic mass is 10.3. The molecule has 0 aromatic heterocycles. The molecule has 3 rings (SSSR count). The first-order chi connectivity index (χ1) is 11.8. The summed E-state index contributed by atoms with van der Waals surface area (Å²) in [5.41, 5.74) is 1.78. The zero-order chi connectivity index (χ0) is 16.6. The second kappa shape index (κ2) is 8.22. The van der Waals surface area contributed by atoms with E-state index in [1.54, 1.807) is 12.4 Å². The summed E-state index contributed by atoms with van der Waals surface area (Å²) in [6, 6.07) is 19.4. The van der Waals surface area contributed by atoms with Crippen LogP contribution in [0.4, 0.5) is 11.4 Å². The highest BCUT2D eigenvalue weighted by Crippen LogP contribution is 2.24. The summed E-state index contributed by atoms with van der Waals surface area (Å²) in [6.07, 6.45) is 3.34. The van der Waals surface area contributed by atoms with Gasteiger partial charge in [0.1, 0.15) is 18.2 Å². The van der Waals surface area contributed by atoms with Crippen LogP contribution in [0.3, 0.4) is 0 Å². The van der Waals surface area contributed by atoms with E-state index in [1.165, 1.54) is 0 Å². The lowest BCUT2D eigenvalue weighted by Gasteiger charge is -2.07. The van der Waals surface area contributed by atoms with Crippen LogP contribution in [-0.4, -0.2) is 19.4 Å². The first-order valence-corrected chi connectivity index (χ1v) is 7.97. The molecule has 0 bridgehead atoms. The molecule has 1 aliphatic heterocycles. The highest BCUT2D eigenvalue weighted by molar-refractivity contribution is 6.33. The van der Waals surface area contributed by atoms with Gasteiger partial charge in [-0.05, 0) is 24.3 Å². The molecule has 2 aromatic rings. The number of aliphatic imine (C=N–C) groups is 1. The summed E-state index contributed by atoms with van der Waals surface area (Å²) in [6.45, 7) is 0.830. The van der Waals surface area contributed by atoms with Gasteiger partial charge in [-0.1, -0.05) is 48.0 Å². The Balaban J connectivity index is 1.80. The first kappa shape index (κ1) is 16.1. The molecule has 0 aliphatic carbocycles. The van der Waals surface area contributed by atoms with Crippen LogP contribution in [0.15, 0.2) is 88.4 Å². The fourth-order valence-corrected chi connectivity index (χ4v) is 2.29. The van der Waals surface area contributed by atoms with Gasteiger partial charge < -0.3 is 14.8 Å². The topological polar surface area (TPSA) is 42.9 Å². The molecule has 1 heterocycles. The lowest BCUT2D eigenvalue weighted by molar-refractivity contribution is 0.147. The smallest absolute Gasteiger partial charge is 0.160 e. The SMILES string of the molecule is ClC1=C(C=Nc2ccccc2)OCCO/C1=C\Nc1ccccc1. The molecule has 0 unspecified atom stereocenters. The van der Waals surface area contributed by atoms with Crippen molar-refractivity contribution in [2.45, 2.75) is 0 Å². The Morgan fingerprint density at radius 3 is 2.33 bits per heavy atom. The number of nitrogens with one attached hydrogen (secondary N) is 1. The zero-order valence-electron chi connectivity index (χ0n) is 13.0. The molecule has 24 heavy (non-hydrogen) atoms. The van der Waals surface area contributed by atoms with Crippen molar-refractivity contribution in [2.75, 3.05) is 18.5 Å². The molecule has 0 radical (unpaired) electrons. The maximum absolute atomic E-state index is 6.42. The van der Waals surface area contributed by atoms with Crippen molar-refractivity contribution in [1.82, 2.24) is 0 Å². The van der Waals surface area contributed by atoms with Crippen molar-refractivity contribution in [3.8, 4) is 0 Å². The van der Waals surface area contributed by atoms with Crippen LogP contribution < -0.4 is 5.32 Å². The molecule has 2 aromatic carbocycles. The van der Waals surface area contributed by atoms with Crippen LogP contribution in [0.5, 0.6) is 0 Å². The first-order valence-electron chi connectivity index (χ1n) is 7.59. The van der Waals surface area contributed by atoms with E-state index in [0.717, 1.165) is 11.4 Å². The average Bonchev–Trinajstić information content (AvgIpc) is 2.81. The van der Waals surface area contributed by atoms with E-state index in [9.17, 15) is 0 Å². The quantitative estimate of drug-likeness (QED) is 0.810. The molecule has 0 atom stereocenters. The van der Waals surface area contributed by atoms with Crippen molar-refractivity contribution in [1.29, 1.82) is 0 Å². The standard InChI is InChI=1S/C19H17ClN2O2/c20-19-17(13-21-15-7-3-1-4-8-15)23-11-12-24-18(19)14-22-16-9-5-2-6-10-16/h1-10,13-14,21H,11-12H2/b17-13-,22-14?. The van der Waals surface area contributed by atoms with Gasteiger partial charge in [0, 0.05) is 11.9 Å². The molecule has 0 amide bonds. The molecule has 122 valence electrons. The number of allylic oxidation sites excluding steroid dienone is 2. The van der Waals surface area contributed by atoms with Gasteiger partial charge in [-0.25, -0.2) is 0 Å². The summed E-state index contributed by atoms with van der Waals surface area (Å²) in [5.74, 6) is 1.01. The number of anilines is 1. The van der Waals surface area contributed by atoms with E-state index in [2.05, 4.69) is 10.3 Å². The minimum absolute atomic E-state index is 0.385. The third-order valence-electron chi connectivity index (χ3n) is 3.26.